The van der Waals surface area contributed by atoms with Gasteiger partial charge in [0.2, 0.25) is 0 Å². The van der Waals surface area contributed by atoms with Gasteiger partial charge in [-0.1, -0.05) is 6.07 Å². The van der Waals surface area contributed by atoms with Crippen molar-refractivity contribution in [2.75, 3.05) is 33.2 Å². The van der Waals surface area contributed by atoms with E-state index in [2.05, 4.69) is 23.0 Å². The van der Waals surface area contributed by atoms with Crippen molar-refractivity contribution >= 4 is 33.5 Å². The van der Waals surface area contributed by atoms with Crippen LogP contribution < -0.4 is 0 Å². The molecule has 4 rings (SSSR count). The Bertz CT molecular complexity index is 797. The quantitative estimate of drug-likeness (QED) is 0.724. The molecule has 0 saturated carbocycles. The van der Waals surface area contributed by atoms with E-state index in [0.717, 1.165) is 47.4 Å². The SMILES string of the molecule is CN1CCN(C(=O)c2csc3nc(-c4cccs4)cn23)CC1. The van der Waals surface area contributed by atoms with Crippen LogP contribution in [0.1, 0.15) is 10.5 Å². The van der Waals surface area contributed by atoms with Crippen LogP contribution >= 0.6 is 22.7 Å². The first-order valence-corrected chi connectivity index (χ1v) is 8.96. The Morgan fingerprint density at radius 1 is 1.23 bits per heavy atom. The van der Waals surface area contributed by atoms with Gasteiger partial charge in [0.15, 0.2) is 4.96 Å². The van der Waals surface area contributed by atoms with E-state index < -0.39 is 0 Å². The Balaban J connectivity index is 1.65. The van der Waals surface area contributed by atoms with Gasteiger partial charge in [0, 0.05) is 37.8 Å². The van der Waals surface area contributed by atoms with Crippen molar-refractivity contribution in [1.82, 2.24) is 19.2 Å². The molecule has 7 heteroatoms. The van der Waals surface area contributed by atoms with Gasteiger partial charge in [-0.25, -0.2) is 4.98 Å². The van der Waals surface area contributed by atoms with E-state index >= 15 is 0 Å². The molecule has 22 heavy (non-hydrogen) atoms. The molecule has 0 N–H and O–H groups in total. The third-order valence-electron chi connectivity index (χ3n) is 3.99. The smallest absolute Gasteiger partial charge is 0.271 e. The highest BCUT2D eigenvalue weighted by Gasteiger charge is 2.23. The maximum atomic E-state index is 12.7. The van der Waals surface area contributed by atoms with Gasteiger partial charge in [0.05, 0.1) is 4.88 Å². The molecule has 0 unspecified atom stereocenters. The lowest BCUT2D eigenvalue weighted by Gasteiger charge is -2.32. The molecule has 3 aromatic rings. The van der Waals surface area contributed by atoms with Gasteiger partial charge in [-0.3, -0.25) is 9.20 Å². The van der Waals surface area contributed by atoms with Crippen LogP contribution in [0.25, 0.3) is 15.5 Å². The summed E-state index contributed by atoms with van der Waals surface area (Å²) < 4.78 is 1.93. The number of fused-ring (bicyclic) bond motifs is 1. The normalized spacial score (nSPS) is 16.5. The number of amides is 1. The van der Waals surface area contributed by atoms with Gasteiger partial charge in [0.1, 0.15) is 11.4 Å². The van der Waals surface area contributed by atoms with Crippen LogP contribution in [-0.2, 0) is 0 Å². The topological polar surface area (TPSA) is 40.8 Å². The lowest BCUT2D eigenvalue weighted by Crippen LogP contribution is -2.47. The van der Waals surface area contributed by atoms with Crippen LogP contribution in [0.3, 0.4) is 0 Å². The van der Waals surface area contributed by atoms with Crippen LogP contribution in [0.5, 0.6) is 0 Å². The second kappa shape index (κ2) is 5.49. The number of rotatable bonds is 2. The fraction of sp³-hybridized carbons (Fsp3) is 0.333. The number of aromatic nitrogens is 2. The maximum Gasteiger partial charge on any atom is 0.271 e. The summed E-state index contributed by atoms with van der Waals surface area (Å²) in [7, 11) is 2.09. The number of carbonyl (C=O) groups is 1. The van der Waals surface area contributed by atoms with E-state index in [-0.39, 0.29) is 5.91 Å². The fourth-order valence-electron chi connectivity index (χ4n) is 2.65. The molecule has 0 radical (unpaired) electrons. The number of thiazole rings is 1. The molecule has 1 fully saturated rings. The lowest BCUT2D eigenvalue weighted by atomic mass is 10.3. The molecule has 4 heterocycles. The highest BCUT2D eigenvalue weighted by Crippen LogP contribution is 2.27. The van der Waals surface area contributed by atoms with Crippen molar-refractivity contribution in [2.24, 2.45) is 0 Å². The Morgan fingerprint density at radius 2 is 2.05 bits per heavy atom. The second-order valence-corrected chi connectivity index (χ2v) is 7.26. The third-order valence-corrected chi connectivity index (χ3v) is 5.72. The molecule has 1 aliphatic heterocycles. The number of hydrogen-bond acceptors (Lipinski definition) is 5. The molecule has 1 aliphatic rings. The fourth-order valence-corrected chi connectivity index (χ4v) is 4.18. The number of nitrogens with zero attached hydrogens (tertiary/aromatic N) is 4. The minimum absolute atomic E-state index is 0.106. The minimum atomic E-state index is 0.106. The zero-order valence-corrected chi connectivity index (χ0v) is 13.9. The summed E-state index contributed by atoms with van der Waals surface area (Å²) in [6.45, 7) is 3.45. The molecule has 1 amide bonds. The molecule has 114 valence electrons. The predicted molar refractivity (Wildman–Crippen MR) is 89.8 cm³/mol. The van der Waals surface area contributed by atoms with Crippen molar-refractivity contribution in [2.45, 2.75) is 0 Å². The summed E-state index contributed by atoms with van der Waals surface area (Å²) in [4.78, 5) is 23.6. The van der Waals surface area contributed by atoms with E-state index in [1.807, 2.05) is 32.3 Å². The molecular formula is C15H16N4OS2. The highest BCUT2D eigenvalue weighted by molar-refractivity contribution is 7.15. The summed E-state index contributed by atoms with van der Waals surface area (Å²) >= 11 is 3.19. The summed E-state index contributed by atoms with van der Waals surface area (Å²) in [5, 5.41) is 3.96. The first-order chi connectivity index (χ1) is 10.7. The van der Waals surface area contributed by atoms with Gasteiger partial charge in [-0.05, 0) is 18.5 Å². The Kier molecular flexibility index (Phi) is 3.48. The number of hydrogen-bond donors (Lipinski definition) is 0. The molecule has 0 bridgehead atoms. The average Bonchev–Trinajstić information content (AvgIpc) is 3.23. The molecule has 0 aromatic carbocycles. The monoisotopic (exact) mass is 332 g/mol. The van der Waals surface area contributed by atoms with Crippen LogP contribution in [0.15, 0.2) is 29.1 Å². The molecule has 0 atom stereocenters. The number of carbonyl (C=O) groups excluding carboxylic acids is 1. The third kappa shape index (κ3) is 2.35. The van der Waals surface area contributed by atoms with Gasteiger partial charge in [-0.2, -0.15) is 0 Å². The van der Waals surface area contributed by atoms with Gasteiger partial charge < -0.3 is 9.80 Å². The van der Waals surface area contributed by atoms with Crippen molar-refractivity contribution in [1.29, 1.82) is 0 Å². The first-order valence-electron chi connectivity index (χ1n) is 7.20. The molecule has 1 saturated heterocycles. The largest absolute Gasteiger partial charge is 0.335 e. The van der Waals surface area contributed by atoms with Crippen molar-refractivity contribution in [3.63, 3.8) is 0 Å². The maximum absolute atomic E-state index is 12.7. The second-order valence-electron chi connectivity index (χ2n) is 5.47. The standard InChI is InChI=1S/C15H16N4OS2/c1-17-4-6-18(7-5-17)14(20)12-10-22-15-16-11(9-19(12)15)13-3-2-8-21-13/h2-3,8-10H,4-7H2,1H3. The summed E-state index contributed by atoms with van der Waals surface area (Å²) in [6.07, 6.45) is 1.97. The average molecular weight is 332 g/mol. The van der Waals surface area contributed by atoms with Crippen molar-refractivity contribution < 1.29 is 4.79 Å². The van der Waals surface area contributed by atoms with E-state index in [9.17, 15) is 4.79 Å². The zero-order valence-electron chi connectivity index (χ0n) is 12.2. The zero-order chi connectivity index (χ0) is 15.1. The first kappa shape index (κ1) is 13.9. The Hall–Kier alpha value is -1.70. The molecular weight excluding hydrogens is 316 g/mol. The van der Waals surface area contributed by atoms with Crippen LogP contribution in [-0.4, -0.2) is 58.3 Å². The minimum Gasteiger partial charge on any atom is -0.335 e. The number of thiophene rings is 1. The van der Waals surface area contributed by atoms with Gasteiger partial charge >= 0.3 is 0 Å². The highest BCUT2D eigenvalue weighted by atomic mass is 32.1. The Labute approximate surface area is 136 Å². The van der Waals surface area contributed by atoms with E-state index in [0.29, 0.717) is 0 Å². The summed E-state index contributed by atoms with van der Waals surface area (Å²) in [5.74, 6) is 0.106. The van der Waals surface area contributed by atoms with Crippen LogP contribution in [0.4, 0.5) is 0 Å². The number of likely N-dealkylation sites (N-methyl/N-ethyl adjacent to an activating group) is 1. The van der Waals surface area contributed by atoms with Crippen LogP contribution in [0.2, 0.25) is 0 Å². The van der Waals surface area contributed by atoms with Gasteiger partial charge in [0.25, 0.3) is 5.91 Å². The van der Waals surface area contributed by atoms with E-state index in [1.165, 1.54) is 11.3 Å². The molecule has 3 aromatic heterocycles. The van der Waals surface area contributed by atoms with E-state index in [1.54, 1.807) is 11.3 Å². The molecule has 0 spiro atoms. The van der Waals surface area contributed by atoms with Crippen LogP contribution in [0, 0.1) is 0 Å². The van der Waals surface area contributed by atoms with E-state index in [4.69, 9.17) is 0 Å². The van der Waals surface area contributed by atoms with Crippen molar-refractivity contribution in [3.8, 4) is 10.6 Å². The number of piperazine rings is 1. The summed E-state index contributed by atoms with van der Waals surface area (Å²) in [6, 6.07) is 4.07. The number of imidazole rings is 1. The lowest BCUT2D eigenvalue weighted by molar-refractivity contribution is 0.0657. The summed E-state index contributed by atoms with van der Waals surface area (Å²) in [5.41, 5.74) is 1.66. The van der Waals surface area contributed by atoms with Crippen molar-refractivity contribution in [3.05, 3.63) is 34.8 Å². The molecule has 0 aliphatic carbocycles. The Morgan fingerprint density at radius 3 is 2.77 bits per heavy atom. The predicted octanol–water partition coefficient (Wildman–Crippen LogP) is 2.51. The molecule has 5 nitrogen and oxygen atoms in total. The van der Waals surface area contributed by atoms with Gasteiger partial charge in [-0.15, -0.1) is 22.7 Å².